The maximum atomic E-state index is 11.2. The van der Waals surface area contributed by atoms with E-state index < -0.39 is 0 Å². The number of carbonyl (C=O) groups is 1. The largest absolute Gasteiger partial charge is 0.489 e. The van der Waals surface area contributed by atoms with Crippen LogP contribution in [0.2, 0.25) is 5.02 Å². The van der Waals surface area contributed by atoms with E-state index in [1.807, 2.05) is 36.4 Å². The van der Waals surface area contributed by atoms with Gasteiger partial charge >= 0.3 is 6.03 Å². The van der Waals surface area contributed by atoms with Crippen LogP contribution in [-0.4, -0.2) is 13.1 Å². The highest BCUT2D eigenvalue weighted by Crippen LogP contribution is 2.19. The summed E-state index contributed by atoms with van der Waals surface area (Å²) >= 11 is 5.82. The Morgan fingerprint density at radius 1 is 1.20 bits per heavy atom. The van der Waals surface area contributed by atoms with E-state index in [9.17, 15) is 4.79 Å². The molecule has 0 saturated heterocycles. The van der Waals surface area contributed by atoms with Crippen molar-refractivity contribution in [2.24, 2.45) is 0 Å². The summed E-state index contributed by atoms with van der Waals surface area (Å²) in [5, 5.41) is 5.88. The molecule has 20 heavy (non-hydrogen) atoms. The van der Waals surface area contributed by atoms with Crippen LogP contribution in [0.5, 0.6) is 5.75 Å². The molecule has 4 nitrogen and oxygen atoms in total. The van der Waals surface area contributed by atoms with Crippen molar-refractivity contribution in [2.45, 2.75) is 6.61 Å². The molecule has 104 valence electrons. The lowest BCUT2D eigenvalue weighted by molar-refractivity contribution is 0.254. The van der Waals surface area contributed by atoms with Crippen LogP contribution in [0.1, 0.15) is 5.56 Å². The second-order valence-corrected chi connectivity index (χ2v) is 4.58. The van der Waals surface area contributed by atoms with Gasteiger partial charge in [0.25, 0.3) is 0 Å². The van der Waals surface area contributed by atoms with Gasteiger partial charge in [-0.25, -0.2) is 4.79 Å². The Morgan fingerprint density at radius 2 is 1.95 bits per heavy atom. The minimum absolute atomic E-state index is 0.264. The van der Waals surface area contributed by atoms with Crippen molar-refractivity contribution in [2.75, 3.05) is 12.4 Å². The average molecular weight is 291 g/mol. The first-order valence-corrected chi connectivity index (χ1v) is 6.51. The summed E-state index contributed by atoms with van der Waals surface area (Å²) < 4.78 is 5.67. The molecule has 2 aromatic carbocycles. The second-order valence-electron chi connectivity index (χ2n) is 4.15. The fourth-order valence-electron chi connectivity index (χ4n) is 1.60. The highest BCUT2D eigenvalue weighted by molar-refractivity contribution is 6.30. The van der Waals surface area contributed by atoms with Gasteiger partial charge in [-0.3, -0.25) is 0 Å². The molecule has 0 radical (unpaired) electrons. The third-order valence-corrected chi connectivity index (χ3v) is 2.89. The average Bonchev–Trinajstić information content (AvgIpc) is 2.47. The number of carbonyl (C=O) groups excluding carboxylic acids is 1. The Labute approximate surface area is 122 Å². The normalized spacial score (nSPS) is 9.90. The van der Waals surface area contributed by atoms with E-state index in [1.165, 1.54) is 0 Å². The molecule has 0 unspecified atom stereocenters. The molecule has 0 bridgehead atoms. The van der Waals surface area contributed by atoms with Crippen LogP contribution in [0.4, 0.5) is 10.5 Å². The molecule has 0 fully saturated rings. The van der Waals surface area contributed by atoms with Crippen molar-refractivity contribution in [1.29, 1.82) is 0 Å². The zero-order valence-corrected chi connectivity index (χ0v) is 11.8. The summed E-state index contributed by atoms with van der Waals surface area (Å²) in [7, 11) is 1.57. The summed E-state index contributed by atoms with van der Waals surface area (Å²) in [6, 6.07) is 14.4. The smallest absolute Gasteiger partial charge is 0.318 e. The first-order valence-electron chi connectivity index (χ1n) is 6.13. The highest BCUT2D eigenvalue weighted by Gasteiger charge is 2.01. The van der Waals surface area contributed by atoms with E-state index in [0.717, 1.165) is 5.56 Å². The zero-order valence-electron chi connectivity index (χ0n) is 11.0. The molecular weight excluding hydrogens is 276 g/mol. The number of nitrogens with one attached hydrogen (secondary N) is 2. The Balaban J connectivity index is 1.97. The number of ether oxygens (including phenoxy) is 1. The number of rotatable bonds is 4. The van der Waals surface area contributed by atoms with Gasteiger partial charge in [0.1, 0.15) is 12.4 Å². The van der Waals surface area contributed by atoms with E-state index >= 15 is 0 Å². The number of urea groups is 1. The van der Waals surface area contributed by atoms with E-state index in [0.29, 0.717) is 23.1 Å². The monoisotopic (exact) mass is 290 g/mol. The maximum Gasteiger partial charge on any atom is 0.318 e. The van der Waals surface area contributed by atoms with Crippen LogP contribution in [0.25, 0.3) is 0 Å². The van der Waals surface area contributed by atoms with Gasteiger partial charge in [-0.15, -0.1) is 0 Å². The highest BCUT2D eigenvalue weighted by atomic mass is 35.5. The summed E-state index contributed by atoms with van der Waals surface area (Å²) in [6.45, 7) is 0.445. The van der Waals surface area contributed by atoms with Crippen LogP contribution in [0.15, 0.2) is 48.5 Å². The van der Waals surface area contributed by atoms with E-state index in [1.54, 1.807) is 19.2 Å². The summed E-state index contributed by atoms with van der Waals surface area (Å²) in [5.74, 6) is 0.689. The van der Waals surface area contributed by atoms with Crippen LogP contribution in [0, 0.1) is 0 Å². The van der Waals surface area contributed by atoms with E-state index in [4.69, 9.17) is 16.3 Å². The molecule has 2 amide bonds. The zero-order chi connectivity index (χ0) is 14.4. The molecule has 2 N–H and O–H groups in total. The molecule has 0 saturated carbocycles. The number of amides is 2. The first-order chi connectivity index (χ1) is 9.67. The van der Waals surface area contributed by atoms with Crippen molar-refractivity contribution in [3.63, 3.8) is 0 Å². The minimum Gasteiger partial charge on any atom is -0.489 e. The lowest BCUT2D eigenvalue weighted by Crippen LogP contribution is -2.24. The van der Waals surface area contributed by atoms with Crippen molar-refractivity contribution < 1.29 is 9.53 Å². The third-order valence-electron chi connectivity index (χ3n) is 2.64. The number of benzene rings is 2. The molecular formula is C15H15ClN2O2. The molecule has 0 aliphatic rings. The summed E-state index contributed by atoms with van der Waals surface area (Å²) in [6.07, 6.45) is 0. The van der Waals surface area contributed by atoms with Gasteiger partial charge in [-0.05, 0) is 29.8 Å². The van der Waals surface area contributed by atoms with Crippen LogP contribution in [0.3, 0.4) is 0 Å². The van der Waals surface area contributed by atoms with Crippen molar-refractivity contribution in [3.8, 4) is 5.75 Å². The first kappa shape index (κ1) is 14.2. The molecule has 5 heteroatoms. The number of hydrogen-bond donors (Lipinski definition) is 2. The fraction of sp³-hybridized carbons (Fsp3) is 0.133. The van der Waals surface area contributed by atoms with Crippen molar-refractivity contribution >= 4 is 23.3 Å². The van der Waals surface area contributed by atoms with Gasteiger partial charge < -0.3 is 15.4 Å². The van der Waals surface area contributed by atoms with Gasteiger partial charge in [0.05, 0.1) is 0 Å². The summed E-state index contributed by atoms with van der Waals surface area (Å²) in [4.78, 5) is 11.2. The Morgan fingerprint density at radius 3 is 2.65 bits per heavy atom. The molecule has 0 aliphatic heterocycles. The lowest BCUT2D eigenvalue weighted by Gasteiger charge is -2.09. The minimum atomic E-state index is -0.264. The van der Waals surface area contributed by atoms with Gasteiger partial charge in [0.15, 0.2) is 0 Å². The molecule has 0 atom stereocenters. The molecule has 0 aromatic heterocycles. The maximum absolute atomic E-state index is 11.2. The van der Waals surface area contributed by atoms with Gasteiger partial charge in [-0.1, -0.05) is 29.8 Å². The number of hydrogen-bond acceptors (Lipinski definition) is 2. The second kappa shape index (κ2) is 6.82. The molecule has 0 aliphatic carbocycles. The molecule has 2 rings (SSSR count). The fourth-order valence-corrected chi connectivity index (χ4v) is 1.73. The summed E-state index contributed by atoms with van der Waals surface area (Å²) in [5.41, 5.74) is 1.71. The van der Waals surface area contributed by atoms with E-state index in [-0.39, 0.29) is 6.03 Å². The number of anilines is 1. The third kappa shape index (κ3) is 4.17. The quantitative estimate of drug-likeness (QED) is 0.902. The van der Waals surface area contributed by atoms with Crippen LogP contribution < -0.4 is 15.4 Å². The van der Waals surface area contributed by atoms with Gasteiger partial charge in [0.2, 0.25) is 0 Å². The van der Waals surface area contributed by atoms with Crippen LogP contribution in [-0.2, 0) is 6.61 Å². The molecule has 0 heterocycles. The Kier molecular flexibility index (Phi) is 4.85. The Hall–Kier alpha value is -2.20. The molecule has 2 aromatic rings. The van der Waals surface area contributed by atoms with Gasteiger partial charge in [-0.2, -0.15) is 0 Å². The van der Waals surface area contributed by atoms with Crippen molar-refractivity contribution in [3.05, 3.63) is 59.1 Å². The van der Waals surface area contributed by atoms with Gasteiger partial charge in [0, 0.05) is 23.8 Å². The lowest BCUT2D eigenvalue weighted by atomic mass is 10.2. The predicted octanol–water partition coefficient (Wildman–Crippen LogP) is 3.67. The van der Waals surface area contributed by atoms with Crippen molar-refractivity contribution in [1.82, 2.24) is 5.32 Å². The SMILES string of the molecule is CNC(=O)Nc1cccc(OCc2ccc(Cl)cc2)c1. The van der Waals surface area contributed by atoms with Crippen LogP contribution >= 0.6 is 11.6 Å². The Bertz CT molecular complexity index is 585. The predicted molar refractivity (Wildman–Crippen MR) is 80.3 cm³/mol. The standard InChI is InChI=1S/C15H15ClN2O2/c1-17-15(19)18-13-3-2-4-14(9-13)20-10-11-5-7-12(16)8-6-11/h2-9H,10H2,1H3,(H2,17,18,19). The number of halogens is 1. The van der Waals surface area contributed by atoms with E-state index in [2.05, 4.69) is 10.6 Å². The topological polar surface area (TPSA) is 50.4 Å². The molecule has 0 spiro atoms.